The molecule has 3 heterocycles. The summed E-state index contributed by atoms with van der Waals surface area (Å²) in [5.41, 5.74) is 3.67. The monoisotopic (exact) mass is 408 g/mol. The maximum Gasteiger partial charge on any atom is 0.340 e. The topological polar surface area (TPSA) is 69.9 Å². The van der Waals surface area contributed by atoms with Gasteiger partial charge >= 0.3 is 5.97 Å². The molecular weight excluding hydrogens is 391 g/mol. The Morgan fingerprint density at radius 2 is 1.97 bits per heavy atom. The minimum atomic E-state index is -0.478. The first-order chi connectivity index (χ1) is 14.0. The number of hydrogen-bond donors (Lipinski definition) is 0. The normalized spacial score (nSPS) is 10.9. The molecule has 8 heteroatoms. The molecule has 0 fully saturated rings. The van der Waals surface area contributed by atoms with E-state index < -0.39 is 5.97 Å². The molecule has 0 unspecified atom stereocenters. The number of halogens is 1. The summed E-state index contributed by atoms with van der Waals surface area (Å²) in [5, 5.41) is 6.93. The number of carbonyl (C=O) groups excluding carboxylic acids is 1. The zero-order valence-electron chi connectivity index (χ0n) is 15.8. The number of aryl methyl sites for hydroxylation is 2. The molecule has 0 radical (unpaired) electrons. The van der Waals surface area contributed by atoms with Crippen molar-refractivity contribution in [2.45, 2.75) is 20.5 Å². The number of hydrogen-bond acceptors (Lipinski definition) is 6. The van der Waals surface area contributed by atoms with Gasteiger partial charge in [-0.15, -0.1) is 11.3 Å². The van der Waals surface area contributed by atoms with E-state index in [0.29, 0.717) is 17.1 Å². The predicted molar refractivity (Wildman–Crippen MR) is 107 cm³/mol. The van der Waals surface area contributed by atoms with Gasteiger partial charge in [-0.25, -0.2) is 23.8 Å². The molecule has 4 aromatic rings. The molecule has 0 N–H and O–H groups in total. The highest BCUT2D eigenvalue weighted by molar-refractivity contribution is 7.13. The van der Waals surface area contributed by atoms with Crippen molar-refractivity contribution in [1.29, 1.82) is 0 Å². The Kier molecular flexibility index (Phi) is 5.18. The lowest BCUT2D eigenvalue weighted by Gasteiger charge is -2.05. The van der Waals surface area contributed by atoms with Gasteiger partial charge in [-0.05, 0) is 56.3 Å². The van der Waals surface area contributed by atoms with Crippen LogP contribution in [-0.2, 0) is 11.3 Å². The molecule has 1 aromatic carbocycles. The average molecular weight is 408 g/mol. The number of thiazole rings is 1. The minimum absolute atomic E-state index is 0.0513. The van der Waals surface area contributed by atoms with Crippen LogP contribution < -0.4 is 0 Å². The molecule has 0 spiro atoms. The lowest BCUT2D eigenvalue weighted by atomic mass is 10.2. The van der Waals surface area contributed by atoms with Crippen molar-refractivity contribution < 1.29 is 13.9 Å². The van der Waals surface area contributed by atoms with Crippen molar-refractivity contribution in [1.82, 2.24) is 19.7 Å². The molecule has 3 aromatic heterocycles. The number of ether oxygens (including phenoxy) is 1. The highest BCUT2D eigenvalue weighted by Crippen LogP contribution is 2.24. The van der Waals surface area contributed by atoms with Gasteiger partial charge in [0.1, 0.15) is 17.4 Å². The summed E-state index contributed by atoms with van der Waals surface area (Å²) in [6.45, 7) is 3.91. The molecule has 29 heavy (non-hydrogen) atoms. The van der Waals surface area contributed by atoms with Crippen molar-refractivity contribution in [3.05, 3.63) is 82.5 Å². The zero-order chi connectivity index (χ0) is 20.4. The Balaban J connectivity index is 1.40. The first kappa shape index (κ1) is 18.9. The fourth-order valence-corrected chi connectivity index (χ4v) is 3.62. The van der Waals surface area contributed by atoms with E-state index in [9.17, 15) is 9.18 Å². The van der Waals surface area contributed by atoms with E-state index >= 15 is 0 Å². The molecule has 0 aliphatic carbocycles. The van der Waals surface area contributed by atoms with E-state index in [-0.39, 0.29) is 12.4 Å². The number of aromatic nitrogens is 4. The largest absolute Gasteiger partial charge is 0.456 e. The molecule has 0 aliphatic rings. The number of pyridine rings is 1. The third kappa shape index (κ3) is 4.22. The molecule has 0 saturated heterocycles. The van der Waals surface area contributed by atoms with Crippen LogP contribution in [0.25, 0.3) is 16.4 Å². The molecular formula is C21H17FN4O2S. The van der Waals surface area contributed by atoms with Crippen molar-refractivity contribution in [3.63, 3.8) is 0 Å². The Bertz CT molecular complexity index is 1150. The summed E-state index contributed by atoms with van der Waals surface area (Å²) in [6.07, 6.45) is 1.47. The molecule has 0 atom stereocenters. The van der Waals surface area contributed by atoms with Gasteiger partial charge in [0.15, 0.2) is 5.82 Å². The van der Waals surface area contributed by atoms with E-state index in [1.807, 2.05) is 25.3 Å². The van der Waals surface area contributed by atoms with E-state index in [4.69, 9.17) is 4.74 Å². The fraction of sp³-hybridized carbons (Fsp3) is 0.143. The van der Waals surface area contributed by atoms with Crippen molar-refractivity contribution in [2.24, 2.45) is 0 Å². The van der Waals surface area contributed by atoms with Gasteiger partial charge in [-0.3, -0.25) is 0 Å². The molecule has 146 valence electrons. The first-order valence-corrected chi connectivity index (χ1v) is 9.75. The maximum absolute atomic E-state index is 13.0. The second-order valence-electron chi connectivity index (χ2n) is 6.47. The molecule has 0 amide bonds. The Morgan fingerprint density at radius 1 is 1.17 bits per heavy atom. The standard InChI is InChI=1S/C21H17FN4O2S/c1-13-9-14(2)26(25-13)19-8-5-16(10-23-19)21(27)28-11-18-12-29-20(24-18)15-3-6-17(22)7-4-15/h3-10,12H,11H2,1-2H3. The Hall–Kier alpha value is -3.39. The lowest BCUT2D eigenvalue weighted by Crippen LogP contribution is -2.08. The fourth-order valence-electron chi connectivity index (χ4n) is 2.81. The van der Waals surface area contributed by atoms with Crippen LogP contribution in [0, 0.1) is 19.7 Å². The van der Waals surface area contributed by atoms with E-state index in [1.54, 1.807) is 28.9 Å². The Labute approximate surface area is 170 Å². The van der Waals surface area contributed by atoms with Crippen LogP contribution in [0.4, 0.5) is 4.39 Å². The van der Waals surface area contributed by atoms with Crippen LogP contribution in [-0.4, -0.2) is 25.7 Å². The Morgan fingerprint density at radius 3 is 2.62 bits per heavy atom. The number of esters is 1. The number of benzene rings is 1. The third-order valence-corrected chi connectivity index (χ3v) is 5.14. The van der Waals surface area contributed by atoms with Crippen LogP contribution in [0.2, 0.25) is 0 Å². The quantitative estimate of drug-likeness (QED) is 0.455. The van der Waals surface area contributed by atoms with Gasteiger partial charge in [0.2, 0.25) is 0 Å². The van der Waals surface area contributed by atoms with Gasteiger partial charge < -0.3 is 4.74 Å². The van der Waals surface area contributed by atoms with Crippen molar-refractivity contribution in [2.75, 3.05) is 0 Å². The molecule has 0 aliphatic heterocycles. The average Bonchev–Trinajstić information content (AvgIpc) is 3.33. The van der Waals surface area contributed by atoms with Gasteiger partial charge in [0.25, 0.3) is 0 Å². The summed E-state index contributed by atoms with van der Waals surface area (Å²) < 4.78 is 20.1. The first-order valence-electron chi connectivity index (χ1n) is 8.87. The van der Waals surface area contributed by atoms with E-state index in [1.165, 1.54) is 29.7 Å². The summed E-state index contributed by atoms with van der Waals surface area (Å²) in [7, 11) is 0. The number of rotatable bonds is 5. The second kappa shape index (κ2) is 7.92. The highest BCUT2D eigenvalue weighted by atomic mass is 32.1. The summed E-state index contributed by atoms with van der Waals surface area (Å²) in [4.78, 5) is 21.0. The van der Waals surface area contributed by atoms with Crippen LogP contribution in [0.5, 0.6) is 0 Å². The molecule has 6 nitrogen and oxygen atoms in total. The predicted octanol–water partition coefficient (Wildman–Crippen LogP) is 4.50. The number of nitrogens with zero attached hydrogens (tertiary/aromatic N) is 4. The summed E-state index contributed by atoms with van der Waals surface area (Å²) in [5.74, 6) is -0.138. The van der Waals surface area contributed by atoms with Gasteiger partial charge in [-0.1, -0.05) is 0 Å². The number of carbonyl (C=O) groups is 1. The maximum atomic E-state index is 13.0. The molecule has 4 rings (SSSR count). The van der Waals surface area contributed by atoms with Crippen LogP contribution in [0.3, 0.4) is 0 Å². The van der Waals surface area contributed by atoms with Crippen LogP contribution >= 0.6 is 11.3 Å². The molecule has 0 saturated carbocycles. The zero-order valence-corrected chi connectivity index (χ0v) is 16.6. The lowest BCUT2D eigenvalue weighted by molar-refractivity contribution is 0.0468. The van der Waals surface area contributed by atoms with Crippen molar-refractivity contribution in [3.8, 4) is 16.4 Å². The summed E-state index contributed by atoms with van der Waals surface area (Å²) in [6, 6.07) is 11.5. The summed E-state index contributed by atoms with van der Waals surface area (Å²) >= 11 is 1.41. The van der Waals surface area contributed by atoms with Gasteiger partial charge in [0, 0.05) is 22.8 Å². The van der Waals surface area contributed by atoms with Crippen LogP contribution in [0.15, 0.2) is 54.0 Å². The second-order valence-corrected chi connectivity index (χ2v) is 7.33. The third-order valence-electron chi connectivity index (χ3n) is 4.20. The smallest absolute Gasteiger partial charge is 0.340 e. The molecule has 0 bridgehead atoms. The minimum Gasteiger partial charge on any atom is -0.456 e. The van der Waals surface area contributed by atoms with Crippen LogP contribution in [0.1, 0.15) is 27.4 Å². The van der Waals surface area contributed by atoms with Gasteiger partial charge in [-0.2, -0.15) is 5.10 Å². The van der Waals surface area contributed by atoms with E-state index in [2.05, 4.69) is 15.1 Å². The van der Waals surface area contributed by atoms with E-state index in [0.717, 1.165) is 22.0 Å². The van der Waals surface area contributed by atoms with Crippen molar-refractivity contribution >= 4 is 17.3 Å². The van der Waals surface area contributed by atoms with Gasteiger partial charge in [0.05, 0.1) is 17.0 Å². The highest BCUT2D eigenvalue weighted by Gasteiger charge is 2.12. The SMILES string of the molecule is Cc1cc(C)n(-c2ccc(C(=O)OCc3csc(-c4ccc(F)cc4)n3)cn2)n1.